The predicted molar refractivity (Wildman–Crippen MR) is 109 cm³/mol. The Hall–Kier alpha value is -1.79. The Morgan fingerprint density at radius 3 is 2.58 bits per heavy atom. The van der Waals surface area contributed by atoms with Gasteiger partial charge in [-0.25, -0.2) is 19.5 Å². The minimum absolute atomic E-state index is 0.352. The van der Waals surface area contributed by atoms with Crippen molar-refractivity contribution in [1.29, 1.82) is 0 Å². The molecule has 0 aliphatic heterocycles. The molecule has 0 aliphatic carbocycles. The Morgan fingerprint density at radius 1 is 1.15 bits per heavy atom. The summed E-state index contributed by atoms with van der Waals surface area (Å²) in [6.07, 6.45) is 4.37. The first kappa shape index (κ1) is 19.0. The van der Waals surface area contributed by atoms with Gasteiger partial charge in [0.1, 0.15) is 17.2 Å². The number of rotatable bonds is 4. The summed E-state index contributed by atoms with van der Waals surface area (Å²) in [5, 5.41) is 5.12. The molecule has 5 nitrogen and oxygen atoms in total. The maximum Gasteiger partial charge on any atom is 0.154 e. The van der Waals surface area contributed by atoms with Gasteiger partial charge in [-0.15, -0.1) is 0 Å². The van der Waals surface area contributed by atoms with Crippen LogP contribution < -0.4 is 0 Å². The Labute approximate surface area is 160 Å². The first-order valence-electron chi connectivity index (χ1n) is 8.91. The molecule has 0 bridgehead atoms. The second-order valence-electron chi connectivity index (χ2n) is 8.54. The van der Waals surface area contributed by atoms with E-state index in [0.29, 0.717) is 15.7 Å². The maximum absolute atomic E-state index is 6.04. The molecule has 0 N–H and O–H groups in total. The average molecular weight is 388 g/mol. The van der Waals surface area contributed by atoms with Crippen LogP contribution in [-0.2, 0) is 6.42 Å². The molecule has 0 aliphatic rings. The summed E-state index contributed by atoms with van der Waals surface area (Å²) in [5.41, 5.74) is 4.06. The molecular weight excluding hydrogens is 362 g/mol. The van der Waals surface area contributed by atoms with Crippen LogP contribution in [-0.4, -0.2) is 32.6 Å². The van der Waals surface area contributed by atoms with Gasteiger partial charge in [0.05, 0.1) is 20.0 Å². The summed E-state index contributed by atoms with van der Waals surface area (Å²) < 4.78 is 1.73. The summed E-state index contributed by atoms with van der Waals surface area (Å²) in [4.78, 5) is 13.3. The van der Waals surface area contributed by atoms with Crippen LogP contribution in [0.2, 0.25) is 28.8 Å². The quantitative estimate of drug-likeness (QED) is 0.571. The number of hydrogen-bond donors (Lipinski definition) is 0. The second-order valence-corrected chi connectivity index (χ2v) is 14.9. The van der Waals surface area contributed by atoms with E-state index in [4.69, 9.17) is 11.6 Å². The maximum atomic E-state index is 6.04. The van der Waals surface area contributed by atoms with Crippen molar-refractivity contribution in [3.05, 3.63) is 41.6 Å². The lowest BCUT2D eigenvalue weighted by molar-refractivity contribution is 0.677. The van der Waals surface area contributed by atoms with Gasteiger partial charge < -0.3 is 0 Å². The fourth-order valence-electron chi connectivity index (χ4n) is 2.98. The lowest BCUT2D eigenvalue weighted by Crippen LogP contribution is -2.42. The van der Waals surface area contributed by atoms with Crippen LogP contribution in [0.5, 0.6) is 0 Å². The largest absolute Gasteiger partial charge is 0.241 e. The van der Waals surface area contributed by atoms with Crippen LogP contribution in [0, 0.1) is 0 Å². The SMILES string of the molecule is CC(Cc1cc(-c2cnc3ccc(Cl)nn23)ncn1)[Si](C)(C)C(C)(C)C. The molecule has 26 heavy (non-hydrogen) atoms. The van der Waals surface area contributed by atoms with Gasteiger partial charge in [-0.1, -0.05) is 52.4 Å². The molecule has 0 radical (unpaired) electrons. The van der Waals surface area contributed by atoms with Gasteiger partial charge in [-0.3, -0.25) is 0 Å². The Morgan fingerprint density at radius 2 is 1.88 bits per heavy atom. The number of imidazole rings is 1. The minimum Gasteiger partial charge on any atom is -0.241 e. The third-order valence-electron chi connectivity index (χ3n) is 6.00. The fraction of sp³-hybridized carbons (Fsp3) is 0.474. The van der Waals surface area contributed by atoms with Crippen LogP contribution in [0.3, 0.4) is 0 Å². The van der Waals surface area contributed by atoms with Gasteiger partial charge in [-0.05, 0) is 35.2 Å². The molecule has 0 saturated heterocycles. The zero-order valence-corrected chi connectivity index (χ0v) is 18.0. The van der Waals surface area contributed by atoms with E-state index in [1.54, 1.807) is 23.1 Å². The molecule has 0 spiro atoms. The lowest BCUT2D eigenvalue weighted by atomic mass is 10.2. The van der Waals surface area contributed by atoms with Crippen molar-refractivity contribution >= 4 is 25.3 Å². The molecule has 3 heterocycles. The molecular formula is C19H26ClN5Si. The fourth-order valence-corrected chi connectivity index (χ4v) is 5.32. The number of fused-ring (bicyclic) bond motifs is 1. The first-order chi connectivity index (χ1) is 12.1. The number of halogens is 1. The number of hydrogen-bond acceptors (Lipinski definition) is 4. The van der Waals surface area contributed by atoms with Crippen molar-refractivity contribution in [3.63, 3.8) is 0 Å². The molecule has 1 atom stereocenters. The van der Waals surface area contributed by atoms with Crippen molar-refractivity contribution in [1.82, 2.24) is 24.6 Å². The summed E-state index contributed by atoms with van der Waals surface area (Å²) in [6, 6.07) is 5.64. The van der Waals surface area contributed by atoms with Crippen LogP contribution in [0.15, 0.2) is 30.7 Å². The molecule has 138 valence electrons. The standard InChI is InChI=1S/C19H26ClN5Si/c1-13(26(5,6)19(2,3)4)9-14-10-15(23-12-22-14)16-11-21-18-8-7-17(20)24-25(16)18/h7-8,10-13H,9H2,1-6H3. The minimum atomic E-state index is -1.43. The van der Waals surface area contributed by atoms with Crippen molar-refractivity contribution in [2.24, 2.45) is 0 Å². The van der Waals surface area contributed by atoms with Crippen molar-refractivity contribution in [3.8, 4) is 11.4 Å². The van der Waals surface area contributed by atoms with E-state index in [2.05, 4.69) is 66.9 Å². The number of aromatic nitrogens is 5. The highest BCUT2D eigenvalue weighted by atomic mass is 35.5. The van der Waals surface area contributed by atoms with Crippen LogP contribution in [0.25, 0.3) is 17.0 Å². The highest BCUT2D eigenvalue weighted by molar-refractivity contribution is 6.81. The van der Waals surface area contributed by atoms with Crippen molar-refractivity contribution in [2.45, 2.75) is 57.8 Å². The highest BCUT2D eigenvalue weighted by Gasteiger charge is 2.39. The first-order valence-corrected chi connectivity index (χ1v) is 12.4. The van der Waals surface area contributed by atoms with E-state index < -0.39 is 8.07 Å². The third-order valence-corrected chi connectivity index (χ3v) is 12.7. The van der Waals surface area contributed by atoms with Crippen molar-refractivity contribution < 1.29 is 0 Å². The van der Waals surface area contributed by atoms with E-state index in [9.17, 15) is 0 Å². The normalized spacial score (nSPS) is 14.0. The Balaban J connectivity index is 1.92. The predicted octanol–water partition coefficient (Wildman–Crippen LogP) is 5.28. The lowest BCUT2D eigenvalue weighted by Gasteiger charge is -2.42. The van der Waals surface area contributed by atoms with Crippen LogP contribution >= 0.6 is 11.6 Å². The van der Waals surface area contributed by atoms with E-state index in [1.807, 2.05) is 6.07 Å². The number of nitrogens with zero attached hydrogens (tertiary/aromatic N) is 5. The summed E-state index contributed by atoms with van der Waals surface area (Å²) in [6.45, 7) is 14.4. The molecule has 0 amide bonds. The monoisotopic (exact) mass is 387 g/mol. The third kappa shape index (κ3) is 3.53. The highest BCUT2D eigenvalue weighted by Crippen LogP contribution is 2.44. The Kier molecular flexibility index (Phi) is 4.92. The summed E-state index contributed by atoms with van der Waals surface area (Å²) in [5.74, 6) is 0. The van der Waals surface area contributed by atoms with Gasteiger partial charge in [0, 0.05) is 5.69 Å². The van der Waals surface area contributed by atoms with Crippen LogP contribution in [0.4, 0.5) is 0 Å². The van der Waals surface area contributed by atoms with Crippen molar-refractivity contribution in [2.75, 3.05) is 0 Å². The molecule has 3 rings (SSSR count). The topological polar surface area (TPSA) is 56.0 Å². The van der Waals surface area contributed by atoms with Gasteiger partial charge in [-0.2, -0.15) is 5.10 Å². The molecule has 1 unspecified atom stereocenters. The summed E-state index contributed by atoms with van der Waals surface area (Å²) in [7, 11) is -1.43. The second kappa shape index (κ2) is 6.74. The van der Waals surface area contributed by atoms with Gasteiger partial charge in [0.2, 0.25) is 0 Å². The van der Waals surface area contributed by atoms with E-state index in [-0.39, 0.29) is 0 Å². The molecule has 7 heteroatoms. The smallest absolute Gasteiger partial charge is 0.154 e. The zero-order valence-electron chi connectivity index (χ0n) is 16.3. The van der Waals surface area contributed by atoms with Gasteiger partial charge in [0.15, 0.2) is 5.65 Å². The Bertz CT molecular complexity index is 929. The van der Waals surface area contributed by atoms with E-state index in [1.165, 1.54) is 0 Å². The van der Waals surface area contributed by atoms with E-state index in [0.717, 1.165) is 29.1 Å². The average Bonchev–Trinajstić information content (AvgIpc) is 2.97. The molecule has 0 saturated carbocycles. The van der Waals surface area contributed by atoms with Gasteiger partial charge in [0.25, 0.3) is 0 Å². The summed E-state index contributed by atoms with van der Waals surface area (Å²) >= 11 is 6.04. The van der Waals surface area contributed by atoms with Gasteiger partial charge >= 0.3 is 0 Å². The molecule has 0 aromatic carbocycles. The molecule has 3 aromatic heterocycles. The zero-order chi connectivity index (χ0) is 19.1. The van der Waals surface area contributed by atoms with Crippen LogP contribution in [0.1, 0.15) is 33.4 Å². The van der Waals surface area contributed by atoms with E-state index >= 15 is 0 Å². The molecule has 3 aromatic rings. The molecule has 0 fully saturated rings.